The van der Waals surface area contributed by atoms with Crippen LogP contribution < -0.4 is 11.1 Å². The van der Waals surface area contributed by atoms with E-state index in [1.54, 1.807) is 0 Å². The molecule has 4 atom stereocenters. The molecule has 4 nitrogen and oxygen atoms in total. The summed E-state index contributed by atoms with van der Waals surface area (Å²) in [7, 11) is 0. The van der Waals surface area contributed by atoms with Crippen LogP contribution in [-0.4, -0.2) is 42.5 Å². The van der Waals surface area contributed by atoms with Gasteiger partial charge in [0.25, 0.3) is 0 Å². The van der Waals surface area contributed by atoms with Gasteiger partial charge in [0.1, 0.15) is 0 Å². The smallest absolute Gasteiger partial charge is 0.237 e. The molecule has 1 aliphatic rings. The third-order valence-corrected chi connectivity index (χ3v) is 3.89. The van der Waals surface area contributed by atoms with Gasteiger partial charge < -0.3 is 16.0 Å². The first-order valence-corrected chi connectivity index (χ1v) is 7.57. The van der Waals surface area contributed by atoms with Crippen LogP contribution in [0.1, 0.15) is 41.0 Å². The van der Waals surface area contributed by atoms with Crippen LogP contribution in [0.3, 0.4) is 0 Å². The molecule has 3 unspecified atom stereocenters. The Morgan fingerprint density at radius 1 is 1.25 bits per heavy atom. The number of carbonyl (C=O) groups excluding carboxylic acids is 1. The molecule has 0 aromatic rings. The first-order chi connectivity index (χ1) is 8.79. The molecule has 1 amide bonds. The molecule has 0 radical (unpaired) electrons. The van der Waals surface area contributed by atoms with Crippen molar-refractivity contribution in [3.63, 3.8) is 0 Å². The number of hydrogen-bond donors (Lipinski definition) is 2. The van der Waals surface area contributed by atoms with Gasteiger partial charge in [0.2, 0.25) is 5.91 Å². The third kappa shape index (κ3) is 6.42. The second-order valence-electron chi connectivity index (χ2n) is 6.84. The van der Waals surface area contributed by atoms with E-state index in [0.717, 1.165) is 31.5 Å². The highest BCUT2D eigenvalue weighted by atomic mass is 35.5. The Morgan fingerprint density at radius 2 is 1.75 bits per heavy atom. The molecular weight excluding hydrogens is 274 g/mol. The summed E-state index contributed by atoms with van der Waals surface area (Å²) >= 11 is 0. The number of carbonyl (C=O) groups is 1. The number of halogens is 1. The molecule has 1 heterocycles. The molecule has 0 saturated carbocycles. The number of rotatable bonds is 5. The van der Waals surface area contributed by atoms with E-state index in [-0.39, 0.29) is 30.3 Å². The van der Waals surface area contributed by atoms with Gasteiger partial charge in [-0.05, 0) is 31.1 Å². The minimum Gasteiger partial charge on any atom is -0.351 e. The number of nitrogens with two attached hydrogens (primary N) is 1. The minimum atomic E-state index is -0.401. The lowest BCUT2D eigenvalue weighted by molar-refractivity contribution is -0.124. The van der Waals surface area contributed by atoms with Crippen molar-refractivity contribution in [3.05, 3.63) is 0 Å². The predicted octanol–water partition coefficient (Wildman–Crippen LogP) is 1.87. The summed E-state index contributed by atoms with van der Waals surface area (Å²) in [4.78, 5) is 14.4. The zero-order valence-corrected chi connectivity index (χ0v) is 14.4. The molecule has 1 saturated heterocycles. The fourth-order valence-electron chi connectivity index (χ4n) is 3.02. The van der Waals surface area contributed by atoms with Gasteiger partial charge in [0.15, 0.2) is 0 Å². The van der Waals surface area contributed by atoms with Gasteiger partial charge in [-0.3, -0.25) is 4.79 Å². The SMILES string of the molecule is CC1CC(C)CN(CC(C)NC(=O)[C@@H](N)C(C)C)C1.Cl. The van der Waals surface area contributed by atoms with Crippen LogP contribution in [0.2, 0.25) is 0 Å². The molecule has 1 aliphatic heterocycles. The Bertz CT molecular complexity index is 289. The molecule has 120 valence electrons. The number of hydrogen-bond acceptors (Lipinski definition) is 3. The Labute approximate surface area is 130 Å². The number of nitrogens with one attached hydrogen (secondary N) is 1. The molecule has 20 heavy (non-hydrogen) atoms. The van der Waals surface area contributed by atoms with E-state index >= 15 is 0 Å². The first-order valence-electron chi connectivity index (χ1n) is 7.57. The fraction of sp³-hybridized carbons (Fsp3) is 0.933. The van der Waals surface area contributed by atoms with Crippen LogP contribution in [0.15, 0.2) is 0 Å². The lowest BCUT2D eigenvalue weighted by Crippen LogP contribution is -2.51. The Balaban J connectivity index is 0.00000361. The van der Waals surface area contributed by atoms with Gasteiger partial charge in [-0.1, -0.05) is 27.7 Å². The van der Waals surface area contributed by atoms with Crippen molar-refractivity contribution in [2.75, 3.05) is 19.6 Å². The van der Waals surface area contributed by atoms with Crippen molar-refractivity contribution < 1.29 is 4.79 Å². The van der Waals surface area contributed by atoms with Crippen molar-refractivity contribution in [3.8, 4) is 0 Å². The number of nitrogens with zero attached hydrogens (tertiary/aromatic N) is 1. The average molecular weight is 306 g/mol. The second-order valence-corrected chi connectivity index (χ2v) is 6.84. The molecule has 0 aliphatic carbocycles. The van der Waals surface area contributed by atoms with Crippen LogP contribution in [0, 0.1) is 17.8 Å². The van der Waals surface area contributed by atoms with Crippen LogP contribution >= 0.6 is 12.4 Å². The molecule has 0 aromatic heterocycles. The van der Waals surface area contributed by atoms with Gasteiger partial charge in [-0.15, -0.1) is 12.4 Å². The topological polar surface area (TPSA) is 58.4 Å². The van der Waals surface area contributed by atoms with Crippen molar-refractivity contribution in [2.45, 2.75) is 53.1 Å². The minimum absolute atomic E-state index is 0. The highest BCUT2D eigenvalue weighted by Gasteiger charge is 2.24. The summed E-state index contributed by atoms with van der Waals surface area (Å²) in [5, 5.41) is 3.03. The summed E-state index contributed by atoms with van der Waals surface area (Å²) < 4.78 is 0. The normalized spacial score (nSPS) is 26.8. The monoisotopic (exact) mass is 305 g/mol. The lowest BCUT2D eigenvalue weighted by Gasteiger charge is -2.36. The van der Waals surface area contributed by atoms with Crippen LogP contribution in [0.5, 0.6) is 0 Å². The summed E-state index contributed by atoms with van der Waals surface area (Å²) in [6, 6.07) is -0.239. The zero-order chi connectivity index (χ0) is 14.6. The van der Waals surface area contributed by atoms with Crippen molar-refractivity contribution >= 4 is 18.3 Å². The molecule has 1 rings (SSSR count). The second kappa shape index (κ2) is 8.85. The molecule has 0 spiro atoms. The van der Waals surface area contributed by atoms with Gasteiger partial charge in [0, 0.05) is 25.7 Å². The van der Waals surface area contributed by atoms with Gasteiger partial charge in [0.05, 0.1) is 6.04 Å². The summed E-state index contributed by atoms with van der Waals surface area (Å²) in [6.45, 7) is 13.8. The lowest BCUT2D eigenvalue weighted by atomic mass is 9.91. The van der Waals surface area contributed by atoms with Gasteiger partial charge in [-0.2, -0.15) is 0 Å². The van der Waals surface area contributed by atoms with E-state index in [1.165, 1.54) is 6.42 Å². The number of likely N-dealkylation sites (tertiary alicyclic amines) is 1. The van der Waals surface area contributed by atoms with E-state index in [2.05, 4.69) is 31.0 Å². The van der Waals surface area contributed by atoms with Gasteiger partial charge in [-0.25, -0.2) is 0 Å². The summed E-state index contributed by atoms with van der Waals surface area (Å²) in [6.07, 6.45) is 1.31. The number of piperidine rings is 1. The maximum Gasteiger partial charge on any atom is 0.237 e. The molecule has 5 heteroatoms. The Hall–Kier alpha value is -0.320. The average Bonchev–Trinajstić information content (AvgIpc) is 2.25. The van der Waals surface area contributed by atoms with E-state index < -0.39 is 6.04 Å². The Morgan fingerprint density at radius 3 is 2.20 bits per heavy atom. The highest BCUT2D eigenvalue weighted by molar-refractivity contribution is 5.85. The zero-order valence-electron chi connectivity index (χ0n) is 13.6. The van der Waals surface area contributed by atoms with Crippen molar-refractivity contribution in [1.29, 1.82) is 0 Å². The highest BCUT2D eigenvalue weighted by Crippen LogP contribution is 2.20. The standard InChI is InChI=1S/C15H31N3O.ClH/c1-10(2)14(16)15(19)17-13(5)9-18-7-11(3)6-12(4)8-18;/h10-14H,6-9,16H2,1-5H3,(H,17,19);1H/t11?,12?,13?,14-;/m0./s1. The molecule has 3 N–H and O–H groups in total. The fourth-order valence-corrected chi connectivity index (χ4v) is 3.02. The Kier molecular flexibility index (Phi) is 8.71. The van der Waals surface area contributed by atoms with Crippen LogP contribution in [0.25, 0.3) is 0 Å². The molecular formula is C15H32ClN3O. The number of amides is 1. The van der Waals surface area contributed by atoms with Crippen molar-refractivity contribution in [2.24, 2.45) is 23.5 Å². The van der Waals surface area contributed by atoms with Crippen molar-refractivity contribution in [1.82, 2.24) is 10.2 Å². The summed E-state index contributed by atoms with van der Waals surface area (Å²) in [5.74, 6) is 1.66. The van der Waals surface area contributed by atoms with Crippen LogP contribution in [0.4, 0.5) is 0 Å². The van der Waals surface area contributed by atoms with E-state index in [0.29, 0.717) is 0 Å². The van der Waals surface area contributed by atoms with E-state index in [4.69, 9.17) is 5.73 Å². The van der Waals surface area contributed by atoms with Crippen LogP contribution in [-0.2, 0) is 4.79 Å². The summed E-state index contributed by atoms with van der Waals surface area (Å²) in [5.41, 5.74) is 5.86. The maximum absolute atomic E-state index is 11.9. The van der Waals surface area contributed by atoms with E-state index in [1.807, 2.05) is 13.8 Å². The molecule has 0 bridgehead atoms. The molecule has 1 fully saturated rings. The third-order valence-electron chi connectivity index (χ3n) is 3.89. The predicted molar refractivity (Wildman–Crippen MR) is 87.1 cm³/mol. The largest absolute Gasteiger partial charge is 0.351 e. The maximum atomic E-state index is 11.9. The van der Waals surface area contributed by atoms with Gasteiger partial charge >= 0.3 is 0 Å². The molecule has 0 aromatic carbocycles. The quantitative estimate of drug-likeness (QED) is 0.815. The van der Waals surface area contributed by atoms with E-state index in [9.17, 15) is 4.79 Å². The first kappa shape index (κ1) is 19.7.